The molecule has 222 valence electrons. The molecule has 5 heteroatoms. The molecule has 0 heterocycles. The highest BCUT2D eigenvalue weighted by atomic mass is 16.5. The average molecular weight is 567 g/mol. The van der Waals surface area contributed by atoms with Crippen LogP contribution in [0, 0.1) is 41.5 Å². The van der Waals surface area contributed by atoms with E-state index in [-0.39, 0.29) is 11.8 Å². The second kappa shape index (κ2) is 17.4. The van der Waals surface area contributed by atoms with Crippen LogP contribution in [0.3, 0.4) is 0 Å². The van der Waals surface area contributed by atoms with Gasteiger partial charge in [0.25, 0.3) is 11.8 Å². The van der Waals surface area contributed by atoms with Crippen LogP contribution < -0.4 is 10.1 Å². The molecule has 0 bridgehead atoms. The maximum absolute atomic E-state index is 12.0. The van der Waals surface area contributed by atoms with Crippen molar-refractivity contribution in [3.05, 3.63) is 136 Å². The standard InChI is InChI=1S/C19H23NO2.C10H13NO.C8H10/c1-14-6-4-7-17(13-14)19(21)20-10-5-11-22-18-9-8-15(2)12-16(18)3;1-8-5-4-6-9(7-8)10(12)11(2)3;1-7-4-3-5-8(2)6-7/h4,6-9,12-13H,5,10-11H2,1-3H3,(H,20,21);4-7H,1-3H3;3-6H,1-2H3. The zero-order valence-corrected chi connectivity index (χ0v) is 26.5. The van der Waals surface area contributed by atoms with Gasteiger partial charge in [-0.3, -0.25) is 9.59 Å². The van der Waals surface area contributed by atoms with Crippen LogP contribution in [-0.4, -0.2) is 44.0 Å². The van der Waals surface area contributed by atoms with Crippen LogP contribution in [0.2, 0.25) is 0 Å². The van der Waals surface area contributed by atoms with Gasteiger partial charge in [-0.1, -0.05) is 88.5 Å². The number of hydrogen-bond acceptors (Lipinski definition) is 3. The number of benzene rings is 4. The molecule has 4 aromatic carbocycles. The molecule has 4 aromatic rings. The topological polar surface area (TPSA) is 58.6 Å². The number of carbonyl (C=O) groups is 2. The highest BCUT2D eigenvalue weighted by molar-refractivity contribution is 5.94. The smallest absolute Gasteiger partial charge is 0.253 e. The molecule has 0 radical (unpaired) electrons. The van der Waals surface area contributed by atoms with Gasteiger partial charge < -0.3 is 15.0 Å². The maximum Gasteiger partial charge on any atom is 0.253 e. The minimum absolute atomic E-state index is 0.0322. The average Bonchev–Trinajstić information content (AvgIpc) is 2.94. The van der Waals surface area contributed by atoms with Crippen LogP contribution in [0.25, 0.3) is 0 Å². The summed E-state index contributed by atoms with van der Waals surface area (Å²) in [5.41, 5.74) is 8.71. The lowest BCUT2D eigenvalue weighted by atomic mass is 10.1. The normalized spacial score (nSPS) is 9.90. The summed E-state index contributed by atoms with van der Waals surface area (Å²) in [5, 5.41) is 2.92. The zero-order chi connectivity index (χ0) is 31.1. The Morgan fingerprint density at radius 3 is 1.64 bits per heavy atom. The van der Waals surface area contributed by atoms with Gasteiger partial charge in [-0.25, -0.2) is 0 Å². The Hall–Kier alpha value is -4.38. The quantitative estimate of drug-likeness (QED) is 0.232. The Morgan fingerprint density at radius 1 is 0.643 bits per heavy atom. The third kappa shape index (κ3) is 12.4. The highest BCUT2D eigenvalue weighted by Crippen LogP contribution is 2.18. The molecule has 2 amide bonds. The van der Waals surface area contributed by atoms with Gasteiger partial charge in [0.05, 0.1) is 6.61 Å². The first kappa shape index (κ1) is 33.8. The summed E-state index contributed by atoms with van der Waals surface area (Å²) in [6.45, 7) is 13.5. The van der Waals surface area contributed by atoms with E-state index in [1.165, 1.54) is 16.7 Å². The first-order chi connectivity index (χ1) is 20.0. The fourth-order valence-electron chi connectivity index (χ4n) is 4.15. The molecular formula is C37H46N2O3. The Labute approximate surface area is 252 Å². The first-order valence-corrected chi connectivity index (χ1v) is 14.3. The zero-order valence-electron chi connectivity index (χ0n) is 26.5. The molecule has 0 aromatic heterocycles. The van der Waals surface area contributed by atoms with E-state index in [0.29, 0.717) is 18.7 Å². The summed E-state index contributed by atoms with van der Waals surface area (Å²) in [6, 6.07) is 29.8. The summed E-state index contributed by atoms with van der Waals surface area (Å²) in [7, 11) is 3.51. The Morgan fingerprint density at radius 2 is 1.14 bits per heavy atom. The van der Waals surface area contributed by atoms with Crippen LogP contribution in [-0.2, 0) is 0 Å². The number of nitrogens with one attached hydrogen (secondary N) is 1. The van der Waals surface area contributed by atoms with Crippen molar-refractivity contribution < 1.29 is 14.3 Å². The van der Waals surface area contributed by atoms with Crippen LogP contribution in [0.15, 0.2) is 91.0 Å². The molecular weight excluding hydrogens is 520 g/mol. The Kier molecular flexibility index (Phi) is 14.0. The third-order valence-electron chi connectivity index (χ3n) is 6.32. The summed E-state index contributed by atoms with van der Waals surface area (Å²) < 4.78 is 5.75. The number of aryl methyl sites for hydroxylation is 6. The van der Waals surface area contributed by atoms with E-state index in [4.69, 9.17) is 4.74 Å². The van der Waals surface area contributed by atoms with E-state index in [1.807, 2.05) is 81.4 Å². The SMILES string of the molecule is Cc1cccc(C(=O)N(C)C)c1.Cc1cccc(C(=O)NCCCOc2ccc(C)cc2C)c1.Cc1cccc(C)c1. The van der Waals surface area contributed by atoms with E-state index < -0.39 is 0 Å². The van der Waals surface area contributed by atoms with Crippen LogP contribution in [0.5, 0.6) is 5.75 Å². The number of nitrogens with zero attached hydrogens (tertiary/aromatic N) is 1. The third-order valence-corrected chi connectivity index (χ3v) is 6.32. The van der Waals surface area contributed by atoms with E-state index in [0.717, 1.165) is 34.4 Å². The lowest BCUT2D eigenvalue weighted by Crippen LogP contribution is -2.25. The van der Waals surface area contributed by atoms with Crippen molar-refractivity contribution in [3.8, 4) is 5.75 Å². The molecule has 0 aliphatic rings. The summed E-state index contributed by atoms with van der Waals surface area (Å²) in [5.74, 6) is 0.935. The van der Waals surface area contributed by atoms with E-state index >= 15 is 0 Å². The lowest BCUT2D eigenvalue weighted by Gasteiger charge is -2.10. The van der Waals surface area contributed by atoms with E-state index in [1.54, 1.807) is 19.0 Å². The van der Waals surface area contributed by atoms with Crippen molar-refractivity contribution in [2.24, 2.45) is 0 Å². The second-order valence-corrected chi connectivity index (χ2v) is 10.8. The number of carbonyl (C=O) groups excluding carboxylic acids is 2. The molecule has 0 aliphatic heterocycles. The molecule has 0 aliphatic carbocycles. The van der Waals surface area contributed by atoms with Gasteiger partial charge in [-0.05, 0) is 83.9 Å². The molecule has 0 unspecified atom stereocenters. The van der Waals surface area contributed by atoms with Gasteiger partial charge in [-0.2, -0.15) is 0 Å². The largest absolute Gasteiger partial charge is 0.493 e. The molecule has 5 nitrogen and oxygen atoms in total. The molecule has 0 saturated carbocycles. The number of ether oxygens (including phenoxy) is 1. The van der Waals surface area contributed by atoms with Gasteiger partial charge in [0.15, 0.2) is 0 Å². The minimum Gasteiger partial charge on any atom is -0.493 e. The van der Waals surface area contributed by atoms with Gasteiger partial charge in [0.1, 0.15) is 5.75 Å². The molecule has 0 fully saturated rings. The van der Waals surface area contributed by atoms with Gasteiger partial charge in [-0.15, -0.1) is 0 Å². The molecule has 1 N–H and O–H groups in total. The highest BCUT2D eigenvalue weighted by Gasteiger charge is 2.06. The van der Waals surface area contributed by atoms with Crippen LogP contribution in [0.4, 0.5) is 0 Å². The van der Waals surface area contributed by atoms with Gasteiger partial charge in [0, 0.05) is 31.8 Å². The van der Waals surface area contributed by atoms with Crippen molar-refractivity contribution in [2.45, 2.75) is 48.0 Å². The van der Waals surface area contributed by atoms with Crippen molar-refractivity contribution in [1.29, 1.82) is 0 Å². The first-order valence-electron chi connectivity index (χ1n) is 14.3. The number of hydrogen-bond donors (Lipinski definition) is 1. The van der Waals surface area contributed by atoms with Crippen molar-refractivity contribution >= 4 is 11.8 Å². The fourth-order valence-corrected chi connectivity index (χ4v) is 4.15. The maximum atomic E-state index is 12.0. The Bertz CT molecular complexity index is 1430. The lowest BCUT2D eigenvalue weighted by molar-refractivity contribution is 0.0827. The monoisotopic (exact) mass is 566 g/mol. The molecule has 0 atom stereocenters. The van der Waals surface area contributed by atoms with E-state index in [9.17, 15) is 9.59 Å². The molecule has 0 saturated heterocycles. The number of amides is 2. The van der Waals surface area contributed by atoms with Crippen molar-refractivity contribution in [2.75, 3.05) is 27.2 Å². The Balaban J connectivity index is 0.000000256. The predicted molar refractivity (Wildman–Crippen MR) is 175 cm³/mol. The number of rotatable bonds is 7. The second-order valence-electron chi connectivity index (χ2n) is 10.8. The summed E-state index contributed by atoms with van der Waals surface area (Å²) in [4.78, 5) is 25.0. The molecule has 42 heavy (non-hydrogen) atoms. The van der Waals surface area contributed by atoms with Crippen molar-refractivity contribution in [3.63, 3.8) is 0 Å². The summed E-state index contributed by atoms with van der Waals surface area (Å²) >= 11 is 0. The summed E-state index contributed by atoms with van der Waals surface area (Å²) in [6.07, 6.45) is 0.783. The minimum atomic E-state index is -0.0322. The predicted octanol–water partition coefficient (Wildman–Crippen LogP) is 7.81. The van der Waals surface area contributed by atoms with E-state index in [2.05, 4.69) is 56.4 Å². The fraction of sp³-hybridized carbons (Fsp3) is 0.297. The van der Waals surface area contributed by atoms with Crippen LogP contribution in [0.1, 0.15) is 60.5 Å². The molecule has 4 rings (SSSR count). The van der Waals surface area contributed by atoms with Crippen LogP contribution >= 0.6 is 0 Å². The van der Waals surface area contributed by atoms with Gasteiger partial charge in [0.2, 0.25) is 0 Å². The van der Waals surface area contributed by atoms with Crippen molar-refractivity contribution in [1.82, 2.24) is 10.2 Å². The molecule has 0 spiro atoms. The van der Waals surface area contributed by atoms with Gasteiger partial charge >= 0.3 is 0 Å².